The van der Waals surface area contributed by atoms with Gasteiger partial charge in [0.1, 0.15) is 6.42 Å². The van der Waals surface area contributed by atoms with Crippen molar-refractivity contribution in [1.82, 2.24) is 5.01 Å². The molecule has 1 rings (SSSR count). The Bertz CT molecular complexity index is 459. The number of aliphatic hydroxyl groups is 1. The number of carbonyl (C=O) groups excluding carboxylic acids is 1. The summed E-state index contributed by atoms with van der Waals surface area (Å²) in [6.45, 7) is 4.88. The predicted octanol–water partition coefficient (Wildman–Crippen LogP) is 1.79. The summed E-state index contributed by atoms with van der Waals surface area (Å²) in [5.41, 5.74) is -4.04. The number of rotatable bonds is 1. The van der Waals surface area contributed by atoms with Crippen LogP contribution in [0.25, 0.3) is 0 Å². The van der Waals surface area contributed by atoms with Gasteiger partial charge in [0.05, 0.1) is 6.07 Å². The predicted molar refractivity (Wildman–Crippen MR) is 59.6 cm³/mol. The van der Waals surface area contributed by atoms with Gasteiger partial charge in [-0.1, -0.05) is 20.8 Å². The Balaban J connectivity index is 3.23. The van der Waals surface area contributed by atoms with Gasteiger partial charge < -0.3 is 5.11 Å². The van der Waals surface area contributed by atoms with E-state index in [1.807, 2.05) is 0 Å². The minimum Gasteiger partial charge on any atom is -0.362 e. The normalized spacial score (nSPS) is 24.1. The van der Waals surface area contributed by atoms with Crippen molar-refractivity contribution in [3.8, 4) is 6.07 Å². The summed E-state index contributed by atoms with van der Waals surface area (Å²) < 4.78 is 38.9. The molecule has 0 radical (unpaired) electrons. The molecule has 0 aromatic carbocycles. The third-order valence-corrected chi connectivity index (χ3v) is 2.77. The molecule has 19 heavy (non-hydrogen) atoms. The fraction of sp³-hybridized carbons (Fsp3) is 0.727. The van der Waals surface area contributed by atoms with Crippen molar-refractivity contribution in [2.45, 2.75) is 45.5 Å². The molecule has 0 saturated carbocycles. The van der Waals surface area contributed by atoms with E-state index in [1.54, 1.807) is 20.8 Å². The number of hydrogen-bond donors (Lipinski definition) is 1. The highest BCUT2D eigenvalue weighted by Gasteiger charge is 2.63. The molecule has 0 fully saturated rings. The topological polar surface area (TPSA) is 76.7 Å². The highest BCUT2D eigenvalue weighted by atomic mass is 19.4. The molecule has 1 aliphatic heterocycles. The number of alkyl halides is 3. The van der Waals surface area contributed by atoms with Crippen molar-refractivity contribution in [2.24, 2.45) is 10.5 Å². The summed E-state index contributed by atoms with van der Waals surface area (Å²) in [7, 11) is 0. The Morgan fingerprint density at radius 3 is 2.42 bits per heavy atom. The fourth-order valence-corrected chi connectivity index (χ4v) is 1.59. The molecule has 0 bridgehead atoms. The molecule has 1 heterocycles. The largest absolute Gasteiger partial charge is 0.438 e. The van der Waals surface area contributed by atoms with Crippen molar-refractivity contribution >= 4 is 11.6 Å². The lowest BCUT2D eigenvalue weighted by atomic mass is 9.86. The van der Waals surface area contributed by atoms with Gasteiger partial charge in [-0.15, -0.1) is 0 Å². The monoisotopic (exact) mass is 277 g/mol. The summed E-state index contributed by atoms with van der Waals surface area (Å²) >= 11 is 0. The molecule has 0 saturated heterocycles. The molecular weight excluding hydrogens is 263 g/mol. The molecule has 1 atom stereocenters. The molecule has 1 amide bonds. The van der Waals surface area contributed by atoms with Crippen LogP contribution in [-0.2, 0) is 4.79 Å². The molecule has 0 unspecified atom stereocenters. The molecule has 0 aliphatic carbocycles. The average molecular weight is 277 g/mol. The zero-order valence-electron chi connectivity index (χ0n) is 10.7. The van der Waals surface area contributed by atoms with Crippen molar-refractivity contribution in [3.05, 3.63) is 0 Å². The Morgan fingerprint density at radius 1 is 1.53 bits per heavy atom. The lowest BCUT2D eigenvalue weighted by Gasteiger charge is -2.32. The van der Waals surface area contributed by atoms with Crippen LogP contribution in [0.4, 0.5) is 13.2 Å². The average Bonchev–Trinajstić information content (AvgIpc) is 2.56. The lowest BCUT2D eigenvalue weighted by molar-refractivity contribution is -0.302. The Hall–Kier alpha value is -1.62. The maximum absolute atomic E-state index is 13.0. The number of halogens is 3. The highest BCUT2D eigenvalue weighted by molar-refractivity contribution is 5.94. The first kappa shape index (κ1) is 15.4. The van der Waals surface area contributed by atoms with Gasteiger partial charge in [-0.2, -0.15) is 28.5 Å². The zero-order chi connectivity index (χ0) is 15.1. The third kappa shape index (κ3) is 2.71. The van der Waals surface area contributed by atoms with Crippen molar-refractivity contribution in [2.75, 3.05) is 0 Å². The van der Waals surface area contributed by atoms with E-state index in [1.165, 1.54) is 6.07 Å². The van der Waals surface area contributed by atoms with E-state index in [4.69, 9.17) is 5.26 Å². The summed E-state index contributed by atoms with van der Waals surface area (Å²) in [6.07, 6.45) is -6.63. The van der Waals surface area contributed by atoms with Gasteiger partial charge >= 0.3 is 6.18 Å². The van der Waals surface area contributed by atoms with Gasteiger partial charge in [-0.25, -0.2) is 0 Å². The van der Waals surface area contributed by atoms with Crippen LogP contribution in [0.15, 0.2) is 5.10 Å². The summed E-state index contributed by atoms with van der Waals surface area (Å²) in [5, 5.41) is 21.7. The van der Waals surface area contributed by atoms with Gasteiger partial charge in [-0.05, 0) is 0 Å². The van der Waals surface area contributed by atoms with Crippen molar-refractivity contribution < 1.29 is 23.1 Å². The van der Waals surface area contributed by atoms with E-state index in [2.05, 4.69) is 5.10 Å². The molecule has 1 aliphatic rings. The van der Waals surface area contributed by atoms with Crippen molar-refractivity contribution in [3.63, 3.8) is 0 Å². The van der Waals surface area contributed by atoms with Crippen LogP contribution >= 0.6 is 0 Å². The molecule has 0 aromatic rings. The Kier molecular flexibility index (Phi) is 3.65. The summed E-state index contributed by atoms with van der Waals surface area (Å²) in [5.74, 6) is -1.18. The Labute approximate surface area is 108 Å². The van der Waals surface area contributed by atoms with Crippen LogP contribution in [0.2, 0.25) is 0 Å². The quantitative estimate of drug-likeness (QED) is 0.793. The minimum atomic E-state index is -5.05. The summed E-state index contributed by atoms with van der Waals surface area (Å²) in [4.78, 5) is 11.5. The standard InChI is InChI=1S/C11H14F3N3O2/c1-9(2,3)7-6-10(19,11(12,13)14)17(16-7)8(18)4-5-15/h19H,4,6H2,1-3H3/t10-/m0/s1. The van der Waals surface area contributed by atoms with Gasteiger partial charge in [0, 0.05) is 17.5 Å². The highest BCUT2D eigenvalue weighted by Crippen LogP contribution is 2.43. The number of nitriles is 1. The van der Waals surface area contributed by atoms with Gasteiger partial charge in [0.2, 0.25) is 0 Å². The van der Waals surface area contributed by atoms with E-state index >= 15 is 0 Å². The lowest BCUT2D eigenvalue weighted by Crippen LogP contribution is -2.56. The third-order valence-electron chi connectivity index (χ3n) is 2.77. The number of hydrogen-bond acceptors (Lipinski definition) is 4. The molecular formula is C11H14F3N3O2. The van der Waals surface area contributed by atoms with Crippen molar-refractivity contribution in [1.29, 1.82) is 5.26 Å². The molecule has 106 valence electrons. The van der Waals surface area contributed by atoms with E-state index in [-0.39, 0.29) is 10.7 Å². The molecule has 5 nitrogen and oxygen atoms in total. The number of nitrogens with zero attached hydrogens (tertiary/aromatic N) is 3. The number of hydrazone groups is 1. The van der Waals surface area contributed by atoms with E-state index in [0.29, 0.717) is 0 Å². The van der Waals surface area contributed by atoms with Crippen LogP contribution in [0.5, 0.6) is 0 Å². The SMILES string of the molecule is CC(C)(C)C1=NN(C(=O)CC#N)[C@@](O)(C(F)(F)F)C1. The van der Waals surface area contributed by atoms with E-state index in [0.717, 1.165) is 0 Å². The molecule has 0 spiro atoms. The van der Waals surface area contributed by atoms with E-state index < -0.39 is 36.1 Å². The van der Waals surface area contributed by atoms with Crippen LogP contribution in [0.1, 0.15) is 33.6 Å². The smallest absolute Gasteiger partial charge is 0.362 e. The van der Waals surface area contributed by atoms with Crippen LogP contribution in [0.3, 0.4) is 0 Å². The zero-order valence-corrected chi connectivity index (χ0v) is 10.7. The molecule has 8 heteroatoms. The fourth-order valence-electron chi connectivity index (χ4n) is 1.59. The second-order valence-corrected chi connectivity index (χ2v) is 5.33. The minimum absolute atomic E-state index is 0.0171. The van der Waals surface area contributed by atoms with Crippen LogP contribution in [0, 0.1) is 16.7 Å². The second kappa shape index (κ2) is 4.49. The Morgan fingerprint density at radius 2 is 2.05 bits per heavy atom. The first-order valence-corrected chi connectivity index (χ1v) is 5.50. The maximum atomic E-state index is 13.0. The first-order chi connectivity index (χ1) is 8.43. The van der Waals surface area contributed by atoms with Crippen LogP contribution in [-0.4, -0.2) is 33.6 Å². The molecule has 1 N–H and O–H groups in total. The van der Waals surface area contributed by atoms with E-state index in [9.17, 15) is 23.1 Å². The number of carbonyl (C=O) groups is 1. The maximum Gasteiger partial charge on any atom is 0.438 e. The molecule has 0 aromatic heterocycles. The van der Waals surface area contributed by atoms with Gasteiger partial charge in [-0.3, -0.25) is 4.79 Å². The van der Waals surface area contributed by atoms with Crippen LogP contribution < -0.4 is 0 Å². The number of amides is 1. The second-order valence-electron chi connectivity index (χ2n) is 5.33. The van der Waals surface area contributed by atoms with Gasteiger partial charge in [0.15, 0.2) is 0 Å². The first-order valence-electron chi connectivity index (χ1n) is 5.50. The summed E-state index contributed by atoms with van der Waals surface area (Å²) in [6, 6.07) is 1.45. The van der Waals surface area contributed by atoms with Gasteiger partial charge in [0.25, 0.3) is 11.6 Å².